The fourth-order valence-corrected chi connectivity index (χ4v) is 1.60. The average molecular weight is 265 g/mol. The number of aromatic nitrogens is 2. The van der Waals surface area contributed by atoms with Gasteiger partial charge in [0.1, 0.15) is 0 Å². The smallest absolute Gasteiger partial charge is 0.310 e. The third kappa shape index (κ3) is 4.57. The molecule has 104 valence electrons. The average Bonchev–Trinajstić information content (AvgIpc) is 2.80. The molecule has 0 fully saturated rings. The molecule has 6 heteroatoms. The van der Waals surface area contributed by atoms with Crippen LogP contribution in [0.4, 0.5) is 0 Å². The Hall–Kier alpha value is -2.11. The molecular weight excluding hydrogens is 246 g/mol. The van der Waals surface area contributed by atoms with Crippen LogP contribution in [0.3, 0.4) is 0 Å². The molecule has 0 bridgehead atoms. The van der Waals surface area contributed by atoms with Crippen LogP contribution < -0.4 is 0 Å². The molecule has 6 nitrogen and oxygen atoms in total. The van der Waals surface area contributed by atoms with Crippen molar-refractivity contribution in [3.8, 4) is 0 Å². The van der Waals surface area contributed by atoms with E-state index >= 15 is 0 Å². The Bertz CT molecular complexity index is 479. The minimum Gasteiger partial charge on any atom is -0.469 e. The van der Waals surface area contributed by atoms with Gasteiger partial charge in [-0.2, -0.15) is 5.10 Å². The maximum absolute atomic E-state index is 11.8. The van der Waals surface area contributed by atoms with Crippen LogP contribution in [-0.2, 0) is 21.4 Å². The van der Waals surface area contributed by atoms with Gasteiger partial charge in [-0.15, -0.1) is 0 Å². The van der Waals surface area contributed by atoms with Crippen LogP contribution in [0.5, 0.6) is 0 Å². The van der Waals surface area contributed by atoms with Crippen molar-refractivity contribution < 1.29 is 14.3 Å². The van der Waals surface area contributed by atoms with Crippen molar-refractivity contribution in [2.75, 3.05) is 20.7 Å². The molecule has 1 rings (SSSR count). The lowest BCUT2D eigenvalue weighted by Gasteiger charge is -2.18. The van der Waals surface area contributed by atoms with Gasteiger partial charge in [0.05, 0.1) is 19.2 Å². The minimum absolute atomic E-state index is 0.167. The van der Waals surface area contributed by atoms with Gasteiger partial charge in [-0.1, -0.05) is 6.92 Å². The topological polar surface area (TPSA) is 64.4 Å². The van der Waals surface area contributed by atoms with Gasteiger partial charge in [0.15, 0.2) is 0 Å². The van der Waals surface area contributed by atoms with E-state index < -0.39 is 0 Å². The number of amides is 1. The van der Waals surface area contributed by atoms with E-state index in [0.717, 1.165) is 5.56 Å². The monoisotopic (exact) mass is 265 g/mol. The second-order valence-corrected chi connectivity index (χ2v) is 4.42. The van der Waals surface area contributed by atoms with E-state index in [2.05, 4.69) is 9.84 Å². The van der Waals surface area contributed by atoms with Crippen molar-refractivity contribution in [2.45, 2.75) is 6.92 Å². The van der Waals surface area contributed by atoms with Gasteiger partial charge in [-0.3, -0.25) is 14.3 Å². The van der Waals surface area contributed by atoms with E-state index in [9.17, 15) is 9.59 Å². The Morgan fingerprint density at radius 1 is 1.58 bits per heavy atom. The molecule has 1 atom stereocenters. The summed E-state index contributed by atoms with van der Waals surface area (Å²) in [6, 6.07) is 0. The highest BCUT2D eigenvalue weighted by atomic mass is 16.5. The third-order valence-corrected chi connectivity index (χ3v) is 2.67. The predicted octanol–water partition coefficient (Wildman–Crippen LogP) is 0.701. The highest BCUT2D eigenvalue weighted by Crippen LogP contribution is 2.03. The largest absolute Gasteiger partial charge is 0.469 e. The first-order chi connectivity index (χ1) is 8.93. The molecule has 1 amide bonds. The summed E-state index contributed by atoms with van der Waals surface area (Å²) in [4.78, 5) is 24.6. The highest BCUT2D eigenvalue weighted by Gasteiger charge is 2.17. The molecule has 0 N–H and O–H groups in total. The second kappa shape index (κ2) is 6.72. The maximum atomic E-state index is 11.8. The van der Waals surface area contributed by atoms with Gasteiger partial charge < -0.3 is 9.64 Å². The molecule has 1 aromatic heterocycles. The lowest BCUT2D eigenvalue weighted by Crippen LogP contribution is -2.33. The SMILES string of the molecule is COC(=O)C(C)CN(C)C(=O)C=Cc1cnn(C)c1. The first-order valence-corrected chi connectivity index (χ1v) is 5.93. The summed E-state index contributed by atoms with van der Waals surface area (Å²) < 4.78 is 6.28. The Morgan fingerprint density at radius 3 is 2.79 bits per heavy atom. The normalized spacial score (nSPS) is 12.4. The number of hydrogen-bond donors (Lipinski definition) is 0. The number of methoxy groups -OCH3 is 1. The molecule has 0 aromatic carbocycles. The van der Waals surface area contributed by atoms with Gasteiger partial charge in [0.25, 0.3) is 0 Å². The number of aryl methyl sites for hydroxylation is 1. The molecule has 1 unspecified atom stereocenters. The van der Waals surface area contributed by atoms with Crippen LogP contribution in [-0.4, -0.2) is 47.3 Å². The number of esters is 1. The van der Waals surface area contributed by atoms with E-state index in [1.165, 1.54) is 18.1 Å². The van der Waals surface area contributed by atoms with Crippen molar-refractivity contribution >= 4 is 18.0 Å². The summed E-state index contributed by atoms with van der Waals surface area (Å²) in [5.41, 5.74) is 0.852. The molecule has 0 radical (unpaired) electrons. The fraction of sp³-hybridized carbons (Fsp3) is 0.462. The van der Waals surface area contributed by atoms with E-state index in [-0.39, 0.29) is 17.8 Å². The quantitative estimate of drug-likeness (QED) is 0.580. The molecule has 0 saturated heterocycles. The first kappa shape index (κ1) is 14.9. The fourth-order valence-electron chi connectivity index (χ4n) is 1.60. The predicted molar refractivity (Wildman–Crippen MR) is 71.1 cm³/mol. The zero-order valence-electron chi connectivity index (χ0n) is 11.7. The van der Waals surface area contributed by atoms with Gasteiger partial charge in [0, 0.05) is 38.5 Å². The van der Waals surface area contributed by atoms with Crippen molar-refractivity contribution in [3.63, 3.8) is 0 Å². The number of rotatable bonds is 5. The highest BCUT2D eigenvalue weighted by molar-refractivity contribution is 5.91. The number of hydrogen-bond acceptors (Lipinski definition) is 4. The van der Waals surface area contributed by atoms with E-state index in [1.54, 1.807) is 37.1 Å². The molecule has 19 heavy (non-hydrogen) atoms. The van der Waals surface area contributed by atoms with Crippen LogP contribution >= 0.6 is 0 Å². The molecule has 0 spiro atoms. The summed E-state index contributed by atoms with van der Waals surface area (Å²) in [5.74, 6) is -0.832. The Morgan fingerprint density at radius 2 is 2.26 bits per heavy atom. The molecule has 1 aromatic rings. The summed E-state index contributed by atoms with van der Waals surface area (Å²) in [5, 5.41) is 4.00. The lowest BCUT2D eigenvalue weighted by molar-refractivity contribution is -0.145. The Labute approximate surface area is 112 Å². The van der Waals surface area contributed by atoms with Crippen molar-refractivity contribution in [2.24, 2.45) is 13.0 Å². The number of likely N-dealkylation sites (N-methyl/N-ethyl adjacent to an activating group) is 1. The Balaban J connectivity index is 2.53. The molecular formula is C13H19N3O3. The number of carbonyl (C=O) groups is 2. The van der Waals surface area contributed by atoms with Crippen LogP contribution in [0.15, 0.2) is 18.5 Å². The van der Waals surface area contributed by atoms with Crippen LogP contribution in [0.2, 0.25) is 0 Å². The van der Waals surface area contributed by atoms with Crippen LogP contribution in [0, 0.1) is 5.92 Å². The Kier molecular flexibility index (Phi) is 5.29. The van der Waals surface area contributed by atoms with Gasteiger partial charge in [-0.05, 0) is 6.08 Å². The van der Waals surface area contributed by atoms with Gasteiger partial charge in [0.2, 0.25) is 5.91 Å². The van der Waals surface area contributed by atoms with Crippen LogP contribution in [0.25, 0.3) is 6.08 Å². The summed E-state index contributed by atoms with van der Waals surface area (Å²) in [7, 11) is 4.79. The van der Waals surface area contributed by atoms with E-state index in [4.69, 9.17) is 0 Å². The zero-order valence-corrected chi connectivity index (χ0v) is 11.7. The number of carbonyl (C=O) groups excluding carboxylic acids is 2. The zero-order chi connectivity index (χ0) is 14.4. The second-order valence-electron chi connectivity index (χ2n) is 4.42. The van der Waals surface area contributed by atoms with Crippen molar-refractivity contribution in [3.05, 3.63) is 24.0 Å². The molecule has 0 aliphatic carbocycles. The number of ether oxygens (including phenoxy) is 1. The van der Waals surface area contributed by atoms with Crippen molar-refractivity contribution in [1.82, 2.24) is 14.7 Å². The summed E-state index contributed by atoms with van der Waals surface area (Å²) >= 11 is 0. The van der Waals surface area contributed by atoms with E-state index in [1.807, 2.05) is 7.05 Å². The summed E-state index contributed by atoms with van der Waals surface area (Å²) in [6.07, 6.45) is 6.62. The minimum atomic E-state index is -0.342. The molecule has 0 aliphatic heterocycles. The summed E-state index contributed by atoms with van der Waals surface area (Å²) in [6.45, 7) is 2.04. The lowest BCUT2D eigenvalue weighted by atomic mass is 10.1. The first-order valence-electron chi connectivity index (χ1n) is 5.93. The van der Waals surface area contributed by atoms with E-state index in [0.29, 0.717) is 6.54 Å². The van der Waals surface area contributed by atoms with Crippen LogP contribution in [0.1, 0.15) is 12.5 Å². The van der Waals surface area contributed by atoms with Gasteiger partial charge in [-0.25, -0.2) is 0 Å². The molecule has 0 aliphatic rings. The third-order valence-electron chi connectivity index (χ3n) is 2.67. The number of nitrogens with zero attached hydrogens (tertiary/aromatic N) is 3. The van der Waals surface area contributed by atoms with Crippen molar-refractivity contribution in [1.29, 1.82) is 0 Å². The maximum Gasteiger partial charge on any atom is 0.310 e. The molecule has 1 heterocycles. The van der Waals surface area contributed by atoms with Gasteiger partial charge >= 0.3 is 5.97 Å². The molecule has 0 saturated carbocycles. The standard InChI is InChI=1S/C13H19N3O3/c1-10(13(18)19-4)8-15(2)12(17)6-5-11-7-14-16(3)9-11/h5-7,9-10H,8H2,1-4H3.